The molecule has 8 nitrogen and oxygen atoms in total. The Labute approximate surface area is 172 Å². The normalized spacial score (nSPS) is 17.9. The molecular formula is C21H34N2O6. The molecule has 0 aromatic heterocycles. The van der Waals surface area contributed by atoms with Crippen LogP contribution >= 0.6 is 0 Å². The molecule has 164 valence electrons. The number of carboxylic acids is 2. The summed E-state index contributed by atoms with van der Waals surface area (Å²) in [6.45, 7) is 12.9. The van der Waals surface area contributed by atoms with E-state index in [9.17, 15) is 19.2 Å². The highest BCUT2D eigenvalue weighted by molar-refractivity contribution is 5.84. The van der Waals surface area contributed by atoms with Crippen LogP contribution in [0.3, 0.4) is 0 Å². The molecule has 2 saturated heterocycles. The van der Waals surface area contributed by atoms with Gasteiger partial charge >= 0.3 is 11.9 Å². The van der Waals surface area contributed by atoms with Crippen molar-refractivity contribution >= 4 is 23.8 Å². The van der Waals surface area contributed by atoms with Crippen molar-refractivity contribution in [1.29, 1.82) is 0 Å². The zero-order chi connectivity index (χ0) is 22.7. The molecule has 4 N–H and O–H groups in total. The Morgan fingerprint density at radius 2 is 1.52 bits per heavy atom. The van der Waals surface area contributed by atoms with Crippen molar-refractivity contribution in [2.75, 3.05) is 13.1 Å². The van der Waals surface area contributed by atoms with Gasteiger partial charge < -0.3 is 20.8 Å². The molecule has 2 aliphatic heterocycles. The van der Waals surface area contributed by atoms with Crippen LogP contribution in [-0.4, -0.2) is 47.1 Å². The van der Waals surface area contributed by atoms with Gasteiger partial charge in [0.25, 0.3) is 0 Å². The number of rotatable bonds is 3. The fraction of sp³-hybridized carbons (Fsp3) is 0.524. The van der Waals surface area contributed by atoms with Gasteiger partial charge in [0, 0.05) is 31.2 Å². The summed E-state index contributed by atoms with van der Waals surface area (Å²) in [5.41, 5.74) is 0.176. The molecule has 2 amide bonds. The second kappa shape index (κ2) is 18.5. The summed E-state index contributed by atoms with van der Waals surface area (Å²) in [7, 11) is 0. The molecule has 1 unspecified atom stereocenters. The number of carboxylic acid groups (broad SMARTS) is 2. The number of aliphatic carboxylic acids is 2. The number of amides is 2. The third kappa shape index (κ3) is 19.7. The second-order valence-corrected chi connectivity index (χ2v) is 6.42. The Balaban J connectivity index is 0. The summed E-state index contributed by atoms with van der Waals surface area (Å²) >= 11 is 0. The van der Waals surface area contributed by atoms with Gasteiger partial charge in [-0.2, -0.15) is 0 Å². The van der Waals surface area contributed by atoms with Crippen LogP contribution in [0.2, 0.25) is 0 Å². The van der Waals surface area contributed by atoms with Gasteiger partial charge in [-0.1, -0.05) is 32.1 Å². The van der Waals surface area contributed by atoms with E-state index >= 15 is 0 Å². The van der Waals surface area contributed by atoms with Gasteiger partial charge in [-0.15, -0.1) is 6.58 Å². The van der Waals surface area contributed by atoms with Crippen molar-refractivity contribution in [3.05, 3.63) is 37.5 Å². The van der Waals surface area contributed by atoms with Crippen LogP contribution < -0.4 is 10.6 Å². The van der Waals surface area contributed by atoms with Crippen molar-refractivity contribution in [2.24, 2.45) is 5.92 Å². The van der Waals surface area contributed by atoms with Gasteiger partial charge in [0.1, 0.15) is 0 Å². The standard InChI is InChI=1S/C8H13NO.C6H11NO.C4H6O2.C3H4O2/c1-2-7-5-3-4-6-9-8(7)10;8-6-4-2-1-3-5-7-6;1-3(2)4(5)6;1-2-3(4)5/h2,7H,1,3-6H2,(H,9,10);1-5H2,(H,7,8);1H2,2H3,(H,5,6);2H,1H2,(H,4,5). The zero-order valence-corrected chi connectivity index (χ0v) is 17.2. The Morgan fingerprint density at radius 3 is 2.00 bits per heavy atom. The maximum atomic E-state index is 11.1. The van der Waals surface area contributed by atoms with Crippen LogP contribution in [-0.2, 0) is 19.2 Å². The molecule has 2 rings (SSSR count). The number of nitrogens with one attached hydrogen (secondary N) is 2. The molecule has 0 spiro atoms. The van der Waals surface area contributed by atoms with E-state index in [4.69, 9.17) is 10.2 Å². The predicted octanol–water partition coefficient (Wildman–Crippen LogP) is 2.67. The van der Waals surface area contributed by atoms with E-state index in [0.29, 0.717) is 0 Å². The SMILES string of the molecule is C=C(C)C(=O)O.C=CC(=O)O.C=CC1CCCCNC1=O.O=C1CCCCCN1. The molecule has 0 aromatic carbocycles. The predicted molar refractivity (Wildman–Crippen MR) is 112 cm³/mol. The van der Waals surface area contributed by atoms with Crippen LogP contribution in [0.25, 0.3) is 0 Å². The first-order valence-electron chi connectivity index (χ1n) is 9.56. The highest BCUT2D eigenvalue weighted by atomic mass is 16.4. The van der Waals surface area contributed by atoms with Crippen molar-refractivity contribution in [2.45, 2.75) is 51.9 Å². The lowest BCUT2D eigenvalue weighted by Crippen LogP contribution is -2.27. The summed E-state index contributed by atoms with van der Waals surface area (Å²) in [6, 6.07) is 0. The first-order valence-corrected chi connectivity index (χ1v) is 9.56. The van der Waals surface area contributed by atoms with Crippen LogP contribution in [0, 0.1) is 5.92 Å². The van der Waals surface area contributed by atoms with E-state index in [-0.39, 0.29) is 23.3 Å². The maximum absolute atomic E-state index is 11.1. The average molecular weight is 411 g/mol. The number of hydrogen-bond acceptors (Lipinski definition) is 4. The van der Waals surface area contributed by atoms with E-state index < -0.39 is 11.9 Å². The minimum absolute atomic E-state index is 0.0579. The maximum Gasteiger partial charge on any atom is 0.330 e. The van der Waals surface area contributed by atoms with E-state index in [2.05, 4.69) is 30.4 Å². The van der Waals surface area contributed by atoms with E-state index in [0.717, 1.165) is 57.7 Å². The molecule has 8 heteroatoms. The fourth-order valence-electron chi connectivity index (χ4n) is 2.09. The molecule has 0 aliphatic carbocycles. The lowest BCUT2D eigenvalue weighted by molar-refractivity contribution is -0.133. The third-order valence-electron chi connectivity index (χ3n) is 3.80. The van der Waals surface area contributed by atoms with E-state index in [1.165, 1.54) is 13.3 Å². The first kappa shape index (κ1) is 28.3. The topological polar surface area (TPSA) is 133 Å². The number of carbonyl (C=O) groups excluding carboxylic acids is 2. The van der Waals surface area contributed by atoms with Crippen molar-refractivity contribution < 1.29 is 29.4 Å². The van der Waals surface area contributed by atoms with Crippen LogP contribution in [0.1, 0.15) is 51.9 Å². The van der Waals surface area contributed by atoms with Crippen molar-refractivity contribution in [1.82, 2.24) is 10.6 Å². The largest absolute Gasteiger partial charge is 0.478 e. The summed E-state index contributed by atoms with van der Waals surface area (Å²) in [5.74, 6) is -1.49. The third-order valence-corrected chi connectivity index (χ3v) is 3.80. The first-order chi connectivity index (χ1) is 13.6. The highest BCUT2D eigenvalue weighted by Gasteiger charge is 2.16. The van der Waals surface area contributed by atoms with E-state index in [1.54, 1.807) is 6.08 Å². The van der Waals surface area contributed by atoms with Crippen LogP contribution in [0.5, 0.6) is 0 Å². The van der Waals surface area contributed by atoms with Crippen LogP contribution in [0.4, 0.5) is 0 Å². The summed E-state index contributed by atoms with van der Waals surface area (Å²) in [4.78, 5) is 40.5. The van der Waals surface area contributed by atoms with Crippen molar-refractivity contribution in [3.8, 4) is 0 Å². The number of hydrogen-bond donors (Lipinski definition) is 4. The minimum atomic E-state index is -0.981. The molecule has 0 aromatic rings. The summed E-state index contributed by atoms with van der Waals surface area (Å²) < 4.78 is 0. The van der Waals surface area contributed by atoms with Crippen molar-refractivity contribution in [3.63, 3.8) is 0 Å². The molecule has 0 saturated carbocycles. The quantitative estimate of drug-likeness (QED) is 0.418. The lowest BCUT2D eigenvalue weighted by atomic mass is 10.0. The summed E-state index contributed by atoms with van der Waals surface area (Å²) in [6.07, 6.45) is 9.96. The van der Waals surface area contributed by atoms with Gasteiger partial charge in [-0.3, -0.25) is 9.59 Å². The second-order valence-electron chi connectivity index (χ2n) is 6.42. The zero-order valence-electron chi connectivity index (χ0n) is 17.2. The highest BCUT2D eigenvalue weighted by Crippen LogP contribution is 2.12. The lowest BCUT2D eigenvalue weighted by Gasteiger charge is -2.05. The molecular weight excluding hydrogens is 376 g/mol. The Bertz CT molecular complexity index is 550. The molecule has 2 fully saturated rings. The van der Waals surface area contributed by atoms with E-state index in [1.807, 2.05) is 0 Å². The van der Waals surface area contributed by atoms with Gasteiger partial charge in [0.15, 0.2) is 0 Å². The number of carbonyl (C=O) groups is 4. The molecule has 1 atom stereocenters. The van der Waals surface area contributed by atoms with Gasteiger partial charge in [-0.25, -0.2) is 9.59 Å². The molecule has 29 heavy (non-hydrogen) atoms. The summed E-state index contributed by atoms with van der Waals surface area (Å²) in [5, 5.41) is 21.1. The Kier molecular flexibility index (Phi) is 18.0. The fourth-order valence-corrected chi connectivity index (χ4v) is 2.09. The average Bonchev–Trinajstić information content (AvgIpc) is 3.04. The monoisotopic (exact) mass is 410 g/mol. The van der Waals surface area contributed by atoms with Gasteiger partial charge in [0.05, 0.1) is 5.92 Å². The minimum Gasteiger partial charge on any atom is -0.478 e. The molecule has 2 heterocycles. The van der Waals surface area contributed by atoms with Crippen LogP contribution in [0.15, 0.2) is 37.5 Å². The smallest absolute Gasteiger partial charge is 0.330 e. The van der Waals surface area contributed by atoms with Gasteiger partial charge in [-0.05, 0) is 32.6 Å². The Morgan fingerprint density at radius 1 is 1.00 bits per heavy atom. The molecule has 0 radical (unpaired) electrons. The molecule has 0 bridgehead atoms. The molecule has 2 aliphatic rings. The van der Waals surface area contributed by atoms with Gasteiger partial charge in [0.2, 0.25) is 11.8 Å². The Hall–Kier alpha value is -2.90.